The van der Waals surface area contributed by atoms with E-state index in [1.165, 1.54) is 0 Å². The van der Waals surface area contributed by atoms with E-state index in [2.05, 4.69) is 72.7 Å². The second kappa shape index (κ2) is 14.7. The van der Waals surface area contributed by atoms with Gasteiger partial charge in [-0.05, 0) is 48.5 Å². The molecule has 232 valence electrons. The number of hydrazone groups is 4. The predicted octanol–water partition coefficient (Wildman–Crippen LogP) is 1.38. The molecule has 0 atom stereocenters. The van der Waals surface area contributed by atoms with Crippen molar-refractivity contribution in [1.29, 1.82) is 0 Å². The van der Waals surface area contributed by atoms with Gasteiger partial charge in [0, 0.05) is 37.9 Å². The lowest BCUT2D eigenvalue weighted by Gasteiger charge is -2.17. The molecule has 0 saturated carbocycles. The monoisotopic (exact) mass is 620 g/mol. The summed E-state index contributed by atoms with van der Waals surface area (Å²) < 4.78 is 10.4. The highest BCUT2D eigenvalue weighted by Crippen LogP contribution is 2.15. The second-order valence-corrected chi connectivity index (χ2v) is 9.32. The third-order valence-electron chi connectivity index (χ3n) is 6.25. The van der Waals surface area contributed by atoms with Gasteiger partial charge in [-0.15, -0.1) is 0 Å². The Labute approximate surface area is 262 Å². The maximum atomic E-state index is 12.2. The van der Waals surface area contributed by atoms with Crippen molar-refractivity contribution >= 4 is 40.9 Å². The summed E-state index contributed by atoms with van der Waals surface area (Å²) in [5, 5.41) is 23.6. The first kappa shape index (κ1) is 29.4. The van der Waals surface area contributed by atoms with E-state index in [4.69, 9.17) is 9.47 Å². The van der Waals surface area contributed by atoms with Gasteiger partial charge in [0.15, 0.2) is 23.3 Å². The fourth-order valence-corrected chi connectivity index (χ4v) is 4.14. The lowest BCUT2D eigenvalue weighted by atomic mass is 10.2. The average molecular weight is 621 g/mol. The zero-order chi connectivity index (χ0) is 31.4. The Bertz CT molecular complexity index is 1650. The molecule has 17 nitrogen and oxygen atoms in total. The van der Waals surface area contributed by atoms with Crippen LogP contribution in [0.3, 0.4) is 0 Å². The normalized spacial score (nSPS) is 13.6. The van der Waals surface area contributed by atoms with Gasteiger partial charge in [-0.3, -0.25) is 41.6 Å². The Morgan fingerprint density at radius 1 is 0.543 bits per heavy atom. The van der Waals surface area contributed by atoms with E-state index >= 15 is 0 Å². The molecule has 46 heavy (non-hydrogen) atoms. The van der Waals surface area contributed by atoms with E-state index in [9.17, 15) is 4.79 Å². The third-order valence-corrected chi connectivity index (χ3v) is 6.25. The standard InChI is InChI=1S/C29H28N14O3/c44-29(45-17-15-32-19-9-5-13-34-23(19)27-40-36-25(37-41-27)21-7-1-3-11-30-21)46-18-16-33-20-10-6-14-35-24(20)28-42-38-26(39-43-28)22-8-2-4-12-31-22/h1-14,32-33H,15-18H2,(H,36,37)(H,38,39)(H,40,41)(H,42,43). The van der Waals surface area contributed by atoms with Gasteiger partial charge < -0.3 is 20.1 Å². The van der Waals surface area contributed by atoms with Crippen molar-refractivity contribution in [2.24, 2.45) is 20.4 Å². The van der Waals surface area contributed by atoms with Crippen LogP contribution >= 0.6 is 0 Å². The first-order valence-corrected chi connectivity index (χ1v) is 14.1. The molecule has 0 unspecified atom stereocenters. The average Bonchev–Trinajstić information content (AvgIpc) is 3.13. The van der Waals surface area contributed by atoms with E-state index in [-0.39, 0.29) is 13.2 Å². The Hall–Kier alpha value is -6.65. The fraction of sp³-hybridized carbons (Fsp3) is 0.138. The van der Waals surface area contributed by atoms with Crippen LogP contribution < -0.4 is 32.3 Å². The molecule has 0 spiro atoms. The van der Waals surface area contributed by atoms with Crippen molar-refractivity contribution in [2.75, 3.05) is 36.9 Å². The van der Waals surface area contributed by atoms with Crippen LogP contribution in [0.5, 0.6) is 0 Å². The Balaban J connectivity index is 0.915. The van der Waals surface area contributed by atoms with Gasteiger partial charge in [0.1, 0.15) is 36.0 Å². The van der Waals surface area contributed by atoms with Crippen molar-refractivity contribution < 1.29 is 14.3 Å². The predicted molar refractivity (Wildman–Crippen MR) is 170 cm³/mol. The number of nitrogens with zero attached hydrogens (tertiary/aromatic N) is 8. The number of amidine groups is 4. The van der Waals surface area contributed by atoms with Gasteiger partial charge in [-0.1, -0.05) is 12.1 Å². The minimum atomic E-state index is -0.792. The smallest absolute Gasteiger partial charge is 0.432 e. The number of hydrogen-bond donors (Lipinski definition) is 6. The number of rotatable bonds is 12. The van der Waals surface area contributed by atoms with Crippen molar-refractivity contribution in [1.82, 2.24) is 41.6 Å². The molecule has 4 aromatic rings. The van der Waals surface area contributed by atoms with Crippen molar-refractivity contribution in [3.05, 3.63) is 108 Å². The van der Waals surface area contributed by atoms with Crippen molar-refractivity contribution in [2.45, 2.75) is 0 Å². The van der Waals surface area contributed by atoms with Crippen LogP contribution in [0.2, 0.25) is 0 Å². The summed E-state index contributed by atoms with van der Waals surface area (Å²) in [6.07, 6.45) is 5.84. The second-order valence-electron chi connectivity index (χ2n) is 9.32. The maximum Gasteiger partial charge on any atom is 0.508 e. The van der Waals surface area contributed by atoms with Crippen molar-refractivity contribution in [3.63, 3.8) is 0 Å². The summed E-state index contributed by atoms with van der Waals surface area (Å²) in [7, 11) is 0. The highest BCUT2D eigenvalue weighted by molar-refractivity contribution is 6.07. The molecule has 17 heteroatoms. The Morgan fingerprint density at radius 3 is 1.39 bits per heavy atom. The number of hydrogen-bond acceptors (Lipinski definition) is 17. The summed E-state index contributed by atoms with van der Waals surface area (Å²) in [5.74, 6) is 1.79. The number of pyridine rings is 4. The van der Waals surface area contributed by atoms with Gasteiger partial charge in [-0.25, -0.2) is 4.79 Å². The van der Waals surface area contributed by atoms with Crippen LogP contribution in [-0.4, -0.2) is 75.7 Å². The molecule has 4 aromatic heterocycles. The van der Waals surface area contributed by atoms with Gasteiger partial charge in [0.05, 0.1) is 11.4 Å². The van der Waals surface area contributed by atoms with Crippen LogP contribution in [0.15, 0.2) is 106 Å². The highest BCUT2D eigenvalue weighted by atomic mass is 16.7. The third kappa shape index (κ3) is 7.46. The van der Waals surface area contributed by atoms with E-state index in [0.717, 1.165) is 0 Å². The summed E-state index contributed by atoms with van der Waals surface area (Å²) in [6.45, 7) is 0.740. The van der Waals surface area contributed by atoms with Crippen LogP contribution in [0.4, 0.5) is 16.2 Å². The van der Waals surface area contributed by atoms with Crippen LogP contribution in [0, 0.1) is 0 Å². The lowest BCUT2D eigenvalue weighted by Crippen LogP contribution is -2.35. The highest BCUT2D eigenvalue weighted by Gasteiger charge is 2.18. The molecule has 0 fully saturated rings. The first-order valence-electron chi connectivity index (χ1n) is 14.1. The molecule has 6 rings (SSSR count). The first-order chi connectivity index (χ1) is 22.7. The molecule has 0 bridgehead atoms. The number of anilines is 2. The fourth-order valence-electron chi connectivity index (χ4n) is 4.14. The number of ether oxygens (including phenoxy) is 2. The SMILES string of the molecule is O=C(OCCNc1cccnc1C1=NNC(c2ccccn2)=NN1)OCCNc1cccnc1C1=NNC(c2ccccn2)=NN1. The Kier molecular flexibility index (Phi) is 9.40. The van der Waals surface area contributed by atoms with Gasteiger partial charge in [0.2, 0.25) is 0 Å². The number of nitrogens with one attached hydrogen (secondary N) is 6. The van der Waals surface area contributed by atoms with E-state index in [1.807, 2.05) is 48.5 Å². The van der Waals surface area contributed by atoms with Gasteiger partial charge in [0.25, 0.3) is 0 Å². The quantitative estimate of drug-likeness (QED) is 0.0978. The maximum absolute atomic E-state index is 12.2. The number of aromatic nitrogens is 4. The molecule has 0 radical (unpaired) electrons. The topological polar surface area (TPSA) is 209 Å². The molecule has 6 heterocycles. The summed E-state index contributed by atoms with van der Waals surface area (Å²) in [6, 6.07) is 18.2. The molecule has 2 aliphatic heterocycles. The van der Waals surface area contributed by atoms with Crippen LogP contribution in [-0.2, 0) is 9.47 Å². The molecular formula is C29H28N14O3. The van der Waals surface area contributed by atoms with Gasteiger partial charge in [-0.2, -0.15) is 20.4 Å². The zero-order valence-corrected chi connectivity index (χ0v) is 24.2. The van der Waals surface area contributed by atoms with Crippen molar-refractivity contribution in [3.8, 4) is 0 Å². The zero-order valence-electron chi connectivity index (χ0n) is 24.2. The molecule has 2 aliphatic rings. The lowest BCUT2D eigenvalue weighted by molar-refractivity contribution is 0.0610. The summed E-state index contributed by atoms with van der Waals surface area (Å²) in [5.41, 5.74) is 15.3. The van der Waals surface area contributed by atoms with Crippen LogP contribution in [0.1, 0.15) is 22.8 Å². The van der Waals surface area contributed by atoms with E-state index in [0.29, 0.717) is 70.6 Å². The largest absolute Gasteiger partial charge is 0.508 e. The molecule has 0 saturated heterocycles. The molecule has 0 amide bonds. The number of carbonyl (C=O) groups is 1. The minimum absolute atomic E-state index is 0.0625. The van der Waals surface area contributed by atoms with E-state index in [1.54, 1.807) is 36.9 Å². The Morgan fingerprint density at radius 2 is 0.978 bits per heavy atom. The molecule has 0 aromatic carbocycles. The van der Waals surface area contributed by atoms with Gasteiger partial charge >= 0.3 is 6.16 Å². The summed E-state index contributed by atoms with van der Waals surface area (Å²) >= 11 is 0. The minimum Gasteiger partial charge on any atom is -0.432 e. The van der Waals surface area contributed by atoms with Crippen LogP contribution in [0.25, 0.3) is 0 Å². The molecule has 6 N–H and O–H groups in total. The molecular weight excluding hydrogens is 592 g/mol. The summed E-state index contributed by atoms with van der Waals surface area (Å²) in [4.78, 5) is 29.4. The van der Waals surface area contributed by atoms with E-state index < -0.39 is 6.16 Å². The number of carbonyl (C=O) groups excluding carboxylic acids is 1. The molecule has 0 aliphatic carbocycles.